The maximum Gasteiger partial charge on any atom is 0.296 e. The molecule has 1 aliphatic carbocycles. The fraction of sp³-hybridized carbons (Fsp3) is 0.440. The summed E-state index contributed by atoms with van der Waals surface area (Å²) in [6.07, 6.45) is 0.995. The number of likely N-dealkylation sites (N-methyl/N-ethyl adjacent to an activating group) is 1. The van der Waals surface area contributed by atoms with Crippen LogP contribution in [0.1, 0.15) is 12.8 Å². The SMILES string of the molecule is C=C(C1CC(Oc2nc3nc(-c4ccc(N5CCOCC5)cc4)c(Cl)cc3[nH]2)C1)[C@H](O)N(C)C. The van der Waals surface area contributed by atoms with Gasteiger partial charge in [0.1, 0.15) is 12.3 Å². The topological polar surface area (TPSA) is 86.7 Å². The number of morpholine rings is 1. The van der Waals surface area contributed by atoms with Gasteiger partial charge in [-0.25, -0.2) is 4.98 Å². The standard InChI is InChI=1S/C25H30ClN5O3/c1-15(24(32)30(2)3)17-12-19(13-17)34-25-27-21-14-20(26)22(28-23(21)29-25)16-4-6-18(7-5-16)31-8-10-33-11-9-31/h4-7,14,17,19,24,32H,1,8-13H2,2-3H3,(H,27,28,29)/t17?,19?,24-/m0/s1. The van der Waals surface area contributed by atoms with Crippen molar-refractivity contribution in [3.8, 4) is 17.3 Å². The van der Waals surface area contributed by atoms with Crippen molar-refractivity contribution in [2.24, 2.45) is 5.92 Å². The summed E-state index contributed by atoms with van der Waals surface area (Å²) in [7, 11) is 3.67. The van der Waals surface area contributed by atoms with Gasteiger partial charge in [-0.15, -0.1) is 0 Å². The van der Waals surface area contributed by atoms with Gasteiger partial charge in [-0.3, -0.25) is 4.90 Å². The summed E-state index contributed by atoms with van der Waals surface area (Å²) in [4.78, 5) is 16.5. The third kappa shape index (κ3) is 4.63. The number of H-pyrrole nitrogens is 1. The molecular formula is C25H30ClN5O3. The first-order valence-corrected chi connectivity index (χ1v) is 12.0. The average Bonchev–Trinajstić information content (AvgIpc) is 3.21. The van der Waals surface area contributed by atoms with Crippen molar-refractivity contribution in [2.45, 2.75) is 25.2 Å². The number of fused-ring (bicyclic) bond motifs is 1. The van der Waals surface area contributed by atoms with Crippen molar-refractivity contribution in [3.05, 3.63) is 47.5 Å². The van der Waals surface area contributed by atoms with Gasteiger partial charge in [0.2, 0.25) is 0 Å². The number of nitrogens with zero attached hydrogens (tertiary/aromatic N) is 4. The van der Waals surface area contributed by atoms with E-state index in [1.807, 2.05) is 32.3 Å². The van der Waals surface area contributed by atoms with Crippen molar-refractivity contribution in [3.63, 3.8) is 0 Å². The van der Waals surface area contributed by atoms with Gasteiger partial charge >= 0.3 is 0 Å². The highest BCUT2D eigenvalue weighted by molar-refractivity contribution is 6.33. The smallest absolute Gasteiger partial charge is 0.296 e. The Morgan fingerprint density at radius 2 is 1.94 bits per heavy atom. The second-order valence-corrected chi connectivity index (χ2v) is 9.61. The number of halogens is 1. The summed E-state index contributed by atoms with van der Waals surface area (Å²) >= 11 is 6.57. The Kier molecular flexibility index (Phi) is 6.48. The summed E-state index contributed by atoms with van der Waals surface area (Å²) in [5.74, 6) is 0.242. The van der Waals surface area contributed by atoms with E-state index in [1.165, 1.54) is 5.69 Å². The van der Waals surface area contributed by atoms with Gasteiger partial charge in [0.25, 0.3) is 6.01 Å². The first kappa shape index (κ1) is 23.1. The average molecular weight is 484 g/mol. The van der Waals surface area contributed by atoms with E-state index in [9.17, 15) is 5.11 Å². The van der Waals surface area contributed by atoms with Crippen LogP contribution in [0.4, 0.5) is 5.69 Å². The van der Waals surface area contributed by atoms with Crippen molar-refractivity contribution in [1.29, 1.82) is 0 Å². The lowest BCUT2D eigenvalue weighted by Crippen LogP contribution is -2.40. The molecule has 5 rings (SSSR count). The number of aromatic nitrogens is 3. The summed E-state index contributed by atoms with van der Waals surface area (Å²) in [6.45, 7) is 7.35. The van der Waals surface area contributed by atoms with Gasteiger partial charge < -0.3 is 24.5 Å². The zero-order valence-corrected chi connectivity index (χ0v) is 20.3. The molecule has 8 nitrogen and oxygen atoms in total. The number of aliphatic hydroxyl groups is 1. The first-order valence-electron chi connectivity index (χ1n) is 11.6. The van der Waals surface area contributed by atoms with Crippen molar-refractivity contribution in [1.82, 2.24) is 19.9 Å². The molecule has 1 atom stereocenters. The number of ether oxygens (including phenoxy) is 2. The van der Waals surface area contributed by atoms with Gasteiger partial charge in [0.05, 0.1) is 29.4 Å². The van der Waals surface area contributed by atoms with Crippen LogP contribution in [-0.2, 0) is 4.74 Å². The number of nitrogens with one attached hydrogen (secondary N) is 1. The fourth-order valence-electron chi connectivity index (χ4n) is 4.47. The Morgan fingerprint density at radius 3 is 2.62 bits per heavy atom. The van der Waals surface area contributed by atoms with Crippen LogP contribution in [0, 0.1) is 5.92 Å². The van der Waals surface area contributed by atoms with Crippen LogP contribution in [0.5, 0.6) is 6.01 Å². The molecular weight excluding hydrogens is 454 g/mol. The maximum atomic E-state index is 10.2. The monoisotopic (exact) mass is 483 g/mol. The molecule has 2 aromatic heterocycles. The van der Waals surface area contributed by atoms with E-state index >= 15 is 0 Å². The highest BCUT2D eigenvalue weighted by Gasteiger charge is 2.36. The van der Waals surface area contributed by atoms with E-state index in [4.69, 9.17) is 26.1 Å². The lowest BCUT2D eigenvalue weighted by atomic mass is 9.77. The predicted molar refractivity (Wildman–Crippen MR) is 133 cm³/mol. The van der Waals surface area contributed by atoms with Crippen LogP contribution in [0.25, 0.3) is 22.4 Å². The Bertz CT molecular complexity index is 1170. The molecule has 1 saturated heterocycles. The van der Waals surface area contributed by atoms with E-state index in [0.717, 1.165) is 55.8 Å². The molecule has 1 aliphatic heterocycles. The molecule has 180 valence electrons. The number of imidazole rings is 1. The van der Waals surface area contributed by atoms with Gasteiger partial charge in [-0.05, 0) is 56.6 Å². The van der Waals surface area contributed by atoms with Crippen LogP contribution in [0.15, 0.2) is 42.5 Å². The number of aliphatic hydroxyl groups excluding tert-OH is 1. The number of hydrogen-bond donors (Lipinski definition) is 2. The molecule has 2 fully saturated rings. The molecule has 2 N–H and O–H groups in total. The second-order valence-electron chi connectivity index (χ2n) is 9.20. The van der Waals surface area contributed by atoms with Crippen LogP contribution < -0.4 is 9.64 Å². The molecule has 34 heavy (non-hydrogen) atoms. The van der Waals surface area contributed by atoms with Gasteiger partial charge in [-0.1, -0.05) is 30.3 Å². The molecule has 0 amide bonds. The molecule has 2 aliphatic rings. The van der Waals surface area contributed by atoms with Crippen LogP contribution in [0.2, 0.25) is 5.02 Å². The second kappa shape index (κ2) is 9.54. The normalized spacial score (nSPS) is 21.5. The van der Waals surface area contributed by atoms with E-state index < -0.39 is 6.23 Å². The van der Waals surface area contributed by atoms with Gasteiger partial charge in [0.15, 0.2) is 5.65 Å². The number of aromatic amines is 1. The number of benzene rings is 1. The summed E-state index contributed by atoms with van der Waals surface area (Å²) in [6, 6.07) is 10.5. The van der Waals surface area contributed by atoms with Gasteiger partial charge in [0, 0.05) is 24.3 Å². The fourth-order valence-corrected chi connectivity index (χ4v) is 4.73. The lowest BCUT2D eigenvalue weighted by Gasteiger charge is -2.38. The highest BCUT2D eigenvalue weighted by Crippen LogP contribution is 2.37. The van der Waals surface area contributed by atoms with Crippen LogP contribution in [-0.4, -0.2) is 77.7 Å². The Balaban J connectivity index is 1.27. The molecule has 0 unspecified atom stereocenters. The minimum absolute atomic E-state index is 0.0272. The van der Waals surface area contributed by atoms with Crippen molar-refractivity contribution >= 4 is 28.5 Å². The Morgan fingerprint density at radius 1 is 1.24 bits per heavy atom. The first-order chi connectivity index (χ1) is 16.4. The number of anilines is 1. The maximum absolute atomic E-state index is 10.2. The molecule has 1 aromatic carbocycles. The molecule has 0 radical (unpaired) electrons. The van der Waals surface area contributed by atoms with E-state index in [-0.39, 0.29) is 12.0 Å². The number of pyridine rings is 1. The van der Waals surface area contributed by atoms with E-state index in [1.54, 1.807) is 4.90 Å². The third-order valence-corrected chi connectivity index (χ3v) is 6.93. The van der Waals surface area contributed by atoms with E-state index in [2.05, 4.69) is 33.6 Å². The van der Waals surface area contributed by atoms with Crippen LogP contribution in [0.3, 0.4) is 0 Å². The molecule has 1 saturated carbocycles. The molecule has 3 aromatic rings. The minimum atomic E-state index is -0.634. The molecule has 3 heterocycles. The number of hydrogen-bond acceptors (Lipinski definition) is 7. The van der Waals surface area contributed by atoms with Crippen LogP contribution >= 0.6 is 11.6 Å². The molecule has 0 spiro atoms. The zero-order chi connectivity index (χ0) is 23.8. The summed E-state index contributed by atoms with van der Waals surface area (Å²) in [5, 5.41) is 10.7. The number of rotatable bonds is 7. The summed E-state index contributed by atoms with van der Waals surface area (Å²) in [5.41, 5.74) is 4.92. The lowest BCUT2D eigenvalue weighted by molar-refractivity contribution is 0.0261. The minimum Gasteiger partial charge on any atom is -0.461 e. The molecule has 9 heteroatoms. The third-order valence-electron chi connectivity index (χ3n) is 6.64. The molecule has 0 bridgehead atoms. The summed E-state index contributed by atoms with van der Waals surface area (Å²) < 4.78 is 11.5. The van der Waals surface area contributed by atoms with Crippen molar-refractivity contribution < 1.29 is 14.6 Å². The van der Waals surface area contributed by atoms with Gasteiger partial charge in [-0.2, -0.15) is 4.98 Å². The van der Waals surface area contributed by atoms with E-state index in [0.29, 0.717) is 22.4 Å². The largest absolute Gasteiger partial charge is 0.461 e. The predicted octanol–water partition coefficient (Wildman–Crippen LogP) is 3.71. The Hall–Kier alpha value is -2.65. The zero-order valence-electron chi connectivity index (χ0n) is 19.5. The highest BCUT2D eigenvalue weighted by atomic mass is 35.5. The van der Waals surface area contributed by atoms with Crippen molar-refractivity contribution in [2.75, 3.05) is 45.3 Å². The quantitative estimate of drug-likeness (QED) is 0.391. The Labute approximate surface area is 204 Å².